The number of hydrogen-bond donors (Lipinski definition) is 3. The van der Waals surface area contributed by atoms with E-state index in [9.17, 15) is 9.59 Å². The second-order valence-electron chi connectivity index (χ2n) is 5.39. The first-order chi connectivity index (χ1) is 8.87. The van der Waals surface area contributed by atoms with Crippen LogP contribution in [0.15, 0.2) is 0 Å². The summed E-state index contributed by atoms with van der Waals surface area (Å²) in [6, 6.07) is -0.260. The molecular formula is C13H24N2O4. The number of nitrogens with one attached hydrogen (secondary N) is 2. The van der Waals surface area contributed by atoms with Gasteiger partial charge in [0.05, 0.1) is 11.6 Å². The van der Waals surface area contributed by atoms with Gasteiger partial charge in [-0.25, -0.2) is 4.79 Å². The molecule has 0 spiro atoms. The van der Waals surface area contributed by atoms with Gasteiger partial charge < -0.3 is 20.5 Å². The van der Waals surface area contributed by atoms with E-state index in [0.717, 1.165) is 12.8 Å². The Bertz CT molecular complexity index is 335. The van der Waals surface area contributed by atoms with Crippen LogP contribution in [0.4, 0.5) is 4.79 Å². The Balaban J connectivity index is 2.36. The Kier molecular flexibility index (Phi) is 5.60. The number of carboxylic acid groups (broad SMARTS) is 1. The summed E-state index contributed by atoms with van der Waals surface area (Å²) < 4.78 is 5.45. The molecule has 1 aliphatic heterocycles. The maximum absolute atomic E-state index is 11.8. The number of carbonyl (C=O) groups is 2. The van der Waals surface area contributed by atoms with Crippen molar-refractivity contribution in [3.8, 4) is 0 Å². The van der Waals surface area contributed by atoms with E-state index in [1.165, 1.54) is 0 Å². The van der Waals surface area contributed by atoms with Crippen LogP contribution in [0.5, 0.6) is 0 Å². The molecule has 6 heteroatoms. The van der Waals surface area contributed by atoms with E-state index in [-0.39, 0.29) is 30.0 Å². The minimum absolute atomic E-state index is 0.0146. The minimum atomic E-state index is -0.834. The smallest absolute Gasteiger partial charge is 0.315 e. The first-order valence-electron chi connectivity index (χ1n) is 6.76. The molecular weight excluding hydrogens is 248 g/mol. The third kappa shape index (κ3) is 4.70. The van der Waals surface area contributed by atoms with Crippen molar-refractivity contribution in [3.63, 3.8) is 0 Å². The summed E-state index contributed by atoms with van der Waals surface area (Å²) in [6.07, 6.45) is 1.57. The first-order valence-corrected chi connectivity index (χ1v) is 6.76. The van der Waals surface area contributed by atoms with Gasteiger partial charge >= 0.3 is 12.0 Å². The minimum Gasteiger partial charge on any atom is -0.481 e. The van der Waals surface area contributed by atoms with Crippen molar-refractivity contribution in [1.82, 2.24) is 10.6 Å². The highest BCUT2D eigenvalue weighted by molar-refractivity contribution is 5.75. The molecule has 3 N–H and O–H groups in total. The second-order valence-corrected chi connectivity index (χ2v) is 5.39. The van der Waals surface area contributed by atoms with Crippen molar-refractivity contribution >= 4 is 12.0 Å². The number of amides is 2. The molecule has 0 bridgehead atoms. The van der Waals surface area contributed by atoms with Gasteiger partial charge in [-0.1, -0.05) is 13.3 Å². The molecule has 0 saturated carbocycles. The van der Waals surface area contributed by atoms with Crippen molar-refractivity contribution in [2.24, 2.45) is 5.92 Å². The number of rotatable bonds is 6. The van der Waals surface area contributed by atoms with Crippen LogP contribution in [0.2, 0.25) is 0 Å². The maximum atomic E-state index is 11.8. The topological polar surface area (TPSA) is 87.7 Å². The van der Waals surface area contributed by atoms with Gasteiger partial charge in [-0.3, -0.25) is 4.79 Å². The van der Waals surface area contributed by atoms with Gasteiger partial charge in [0, 0.05) is 19.6 Å². The highest BCUT2D eigenvalue weighted by Crippen LogP contribution is 2.24. The zero-order valence-corrected chi connectivity index (χ0v) is 11.9. The molecule has 0 aromatic rings. The van der Waals surface area contributed by atoms with Gasteiger partial charge in [-0.15, -0.1) is 0 Å². The molecule has 1 fully saturated rings. The predicted molar refractivity (Wildman–Crippen MR) is 71.0 cm³/mol. The summed E-state index contributed by atoms with van der Waals surface area (Å²) in [5, 5.41) is 14.4. The summed E-state index contributed by atoms with van der Waals surface area (Å²) in [5.41, 5.74) is -0.349. The molecule has 0 aromatic heterocycles. The number of carboxylic acids is 1. The second kappa shape index (κ2) is 6.75. The van der Waals surface area contributed by atoms with E-state index in [2.05, 4.69) is 10.6 Å². The molecule has 1 rings (SSSR count). The van der Waals surface area contributed by atoms with E-state index < -0.39 is 5.97 Å². The predicted octanol–water partition coefficient (Wildman–Crippen LogP) is 1.35. The fourth-order valence-corrected chi connectivity index (χ4v) is 2.15. The molecule has 110 valence electrons. The lowest BCUT2D eigenvalue weighted by Crippen LogP contribution is -2.54. The van der Waals surface area contributed by atoms with Gasteiger partial charge in [0.2, 0.25) is 0 Å². The molecule has 1 aliphatic rings. The fourth-order valence-electron chi connectivity index (χ4n) is 2.15. The Morgan fingerprint density at radius 3 is 2.68 bits per heavy atom. The third-order valence-electron chi connectivity index (χ3n) is 3.88. The molecule has 0 radical (unpaired) electrons. The van der Waals surface area contributed by atoms with E-state index in [0.29, 0.717) is 13.2 Å². The van der Waals surface area contributed by atoms with Gasteiger partial charge in [0.25, 0.3) is 0 Å². The van der Waals surface area contributed by atoms with Crippen LogP contribution >= 0.6 is 0 Å². The first kappa shape index (κ1) is 15.8. The Labute approximate surface area is 113 Å². The number of hydrogen-bond acceptors (Lipinski definition) is 3. The van der Waals surface area contributed by atoms with Crippen LogP contribution in [0.3, 0.4) is 0 Å². The molecule has 2 amide bonds. The lowest BCUT2D eigenvalue weighted by atomic mass is 9.95. The number of aliphatic carboxylic acids is 1. The average molecular weight is 272 g/mol. The zero-order chi connectivity index (χ0) is 14.5. The third-order valence-corrected chi connectivity index (χ3v) is 3.88. The van der Waals surface area contributed by atoms with E-state index in [4.69, 9.17) is 9.84 Å². The molecule has 6 nitrogen and oxygen atoms in total. The van der Waals surface area contributed by atoms with Crippen molar-refractivity contribution < 1.29 is 19.4 Å². The summed E-state index contributed by atoms with van der Waals surface area (Å²) in [6.45, 7) is 6.83. The lowest BCUT2D eigenvalue weighted by Gasteiger charge is -2.29. The molecule has 0 aliphatic carbocycles. The van der Waals surface area contributed by atoms with Gasteiger partial charge in [-0.2, -0.15) is 0 Å². The van der Waals surface area contributed by atoms with E-state index in [1.54, 1.807) is 0 Å². The van der Waals surface area contributed by atoms with Crippen molar-refractivity contribution in [2.75, 3.05) is 13.2 Å². The van der Waals surface area contributed by atoms with Crippen LogP contribution in [-0.4, -0.2) is 41.9 Å². The summed E-state index contributed by atoms with van der Waals surface area (Å²) in [4.78, 5) is 22.5. The van der Waals surface area contributed by atoms with Crippen LogP contribution in [0, 0.1) is 5.92 Å². The summed E-state index contributed by atoms with van der Waals surface area (Å²) >= 11 is 0. The number of ether oxygens (including phenoxy) is 1. The highest BCUT2D eigenvalue weighted by atomic mass is 16.5. The van der Waals surface area contributed by atoms with Gasteiger partial charge in [0.15, 0.2) is 0 Å². The van der Waals surface area contributed by atoms with Crippen molar-refractivity contribution in [1.29, 1.82) is 0 Å². The summed E-state index contributed by atoms with van der Waals surface area (Å²) in [5.74, 6) is -0.868. The lowest BCUT2D eigenvalue weighted by molar-refractivity contribution is -0.138. The molecule has 1 heterocycles. The number of urea groups is 1. The fraction of sp³-hybridized carbons (Fsp3) is 0.846. The normalized spacial score (nSPS) is 27.8. The van der Waals surface area contributed by atoms with E-state index in [1.807, 2.05) is 20.8 Å². The summed E-state index contributed by atoms with van der Waals surface area (Å²) in [7, 11) is 0. The molecule has 0 aromatic carbocycles. The van der Waals surface area contributed by atoms with E-state index >= 15 is 0 Å². The quantitative estimate of drug-likeness (QED) is 0.681. The van der Waals surface area contributed by atoms with Gasteiger partial charge in [0.1, 0.15) is 0 Å². The van der Waals surface area contributed by atoms with Crippen molar-refractivity contribution in [3.05, 3.63) is 0 Å². The van der Waals surface area contributed by atoms with Gasteiger partial charge in [-0.05, 0) is 26.2 Å². The van der Waals surface area contributed by atoms with Crippen LogP contribution in [0.25, 0.3) is 0 Å². The Morgan fingerprint density at radius 1 is 1.53 bits per heavy atom. The molecule has 19 heavy (non-hydrogen) atoms. The molecule has 1 saturated heterocycles. The van der Waals surface area contributed by atoms with Crippen LogP contribution < -0.4 is 10.6 Å². The monoisotopic (exact) mass is 272 g/mol. The average Bonchev–Trinajstić information content (AvgIpc) is 2.64. The Hall–Kier alpha value is -1.30. The maximum Gasteiger partial charge on any atom is 0.315 e. The van der Waals surface area contributed by atoms with Crippen LogP contribution in [0.1, 0.15) is 40.0 Å². The molecule has 3 atom stereocenters. The Morgan fingerprint density at radius 2 is 2.21 bits per heavy atom. The highest BCUT2D eigenvalue weighted by Gasteiger charge is 2.38. The SMILES string of the molecule is CCC(CNC(=O)NC1(C)CCOC1C)CC(=O)O. The molecule has 3 unspecified atom stereocenters. The zero-order valence-electron chi connectivity index (χ0n) is 11.9. The largest absolute Gasteiger partial charge is 0.481 e. The number of carbonyl (C=O) groups excluding carboxylic acids is 1. The van der Waals surface area contributed by atoms with Crippen molar-refractivity contribution in [2.45, 2.75) is 51.7 Å². The van der Waals surface area contributed by atoms with Crippen LogP contribution in [-0.2, 0) is 9.53 Å². The standard InChI is InChI=1S/C13H24N2O4/c1-4-10(7-11(16)17)8-14-12(18)15-13(3)5-6-19-9(13)2/h9-10H,4-8H2,1-3H3,(H,16,17)(H2,14,15,18).